The lowest BCUT2D eigenvalue weighted by atomic mass is 9.99. The summed E-state index contributed by atoms with van der Waals surface area (Å²) in [4.78, 5) is 17.6. The highest BCUT2D eigenvalue weighted by Gasteiger charge is 2.36. The molecule has 0 radical (unpaired) electrons. The smallest absolute Gasteiger partial charge is 0.258 e. The van der Waals surface area contributed by atoms with Gasteiger partial charge in [0.1, 0.15) is 13.1 Å². The van der Waals surface area contributed by atoms with Crippen LogP contribution in [-0.4, -0.2) is 64.2 Å². The van der Waals surface area contributed by atoms with Crippen molar-refractivity contribution in [1.29, 1.82) is 0 Å². The number of nitrogens with zero attached hydrogens (tertiary/aromatic N) is 4. The predicted octanol–water partition coefficient (Wildman–Crippen LogP) is 0.315. The van der Waals surface area contributed by atoms with Crippen molar-refractivity contribution in [2.24, 2.45) is 0 Å². The van der Waals surface area contributed by atoms with Crippen molar-refractivity contribution in [3.8, 4) is 0 Å². The zero-order valence-corrected chi connectivity index (χ0v) is 18.1. The third-order valence-electron chi connectivity index (χ3n) is 6.41. The molecule has 0 saturated carbocycles. The van der Waals surface area contributed by atoms with Gasteiger partial charge >= 0.3 is 0 Å². The van der Waals surface area contributed by atoms with Gasteiger partial charge in [-0.05, 0) is 60.4 Å². The van der Waals surface area contributed by atoms with Crippen molar-refractivity contribution in [2.45, 2.75) is 45.4 Å². The van der Waals surface area contributed by atoms with Gasteiger partial charge in [0, 0.05) is 17.5 Å². The van der Waals surface area contributed by atoms with Crippen LogP contribution in [0.2, 0.25) is 0 Å². The first kappa shape index (κ1) is 20.3. The monoisotopic (exact) mass is 425 g/mol. The highest BCUT2D eigenvalue weighted by molar-refractivity contribution is 5.83. The Morgan fingerprint density at radius 2 is 2.06 bits per heavy atom. The fourth-order valence-corrected chi connectivity index (χ4v) is 4.90. The predicted molar refractivity (Wildman–Crippen MR) is 114 cm³/mol. The van der Waals surface area contributed by atoms with Crippen molar-refractivity contribution >= 4 is 10.9 Å². The van der Waals surface area contributed by atoms with E-state index in [1.54, 1.807) is 0 Å². The van der Waals surface area contributed by atoms with Crippen LogP contribution in [0, 0.1) is 13.8 Å². The molecule has 2 aromatic heterocycles. The molecular weight excluding hydrogens is 396 g/mol. The molecule has 2 N–H and O–H groups in total. The summed E-state index contributed by atoms with van der Waals surface area (Å²) in [7, 11) is 0. The van der Waals surface area contributed by atoms with E-state index in [0.717, 1.165) is 54.6 Å². The molecule has 9 nitrogen and oxygen atoms in total. The van der Waals surface area contributed by atoms with Gasteiger partial charge in [-0.15, -0.1) is 5.10 Å². The first-order chi connectivity index (χ1) is 15.1. The lowest BCUT2D eigenvalue weighted by molar-refractivity contribution is -0.933. The lowest BCUT2D eigenvalue weighted by Crippen LogP contribution is -3.14. The molecule has 4 heterocycles. The van der Waals surface area contributed by atoms with Gasteiger partial charge in [0.25, 0.3) is 5.56 Å². The molecule has 0 amide bonds. The quantitative estimate of drug-likeness (QED) is 0.611. The second-order valence-electron chi connectivity index (χ2n) is 8.65. The minimum absolute atomic E-state index is 0.0897. The van der Waals surface area contributed by atoms with Gasteiger partial charge in [0.05, 0.1) is 31.4 Å². The molecule has 2 aliphatic rings. The summed E-state index contributed by atoms with van der Waals surface area (Å²) in [5.74, 6) is 0.710. The van der Waals surface area contributed by atoms with Crippen LogP contribution >= 0.6 is 0 Å². The number of aryl methyl sites for hydroxylation is 2. The maximum Gasteiger partial charge on any atom is 0.258 e. The summed E-state index contributed by atoms with van der Waals surface area (Å²) in [6.07, 6.45) is 2.18. The van der Waals surface area contributed by atoms with Crippen LogP contribution in [0.4, 0.5) is 0 Å². The Morgan fingerprint density at radius 1 is 1.23 bits per heavy atom. The molecule has 31 heavy (non-hydrogen) atoms. The molecule has 5 rings (SSSR count). The molecular formula is C22H29N6O3+. The number of hydrogen-bond donors (Lipinski definition) is 2. The summed E-state index contributed by atoms with van der Waals surface area (Å²) in [6.45, 7) is 8.40. The molecule has 9 heteroatoms. The maximum absolute atomic E-state index is 13.3. The fourth-order valence-electron chi connectivity index (χ4n) is 4.90. The third-order valence-corrected chi connectivity index (χ3v) is 6.41. The molecule has 0 unspecified atom stereocenters. The highest BCUT2D eigenvalue weighted by atomic mass is 16.5. The van der Waals surface area contributed by atoms with E-state index >= 15 is 0 Å². The van der Waals surface area contributed by atoms with E-state index in [4.69, 9.17) is 9.47 Å². The van der Waals surface area contributed by atoms with Gasteiger partial charge in [-0.25, -0.2) is 4.68 Å². The van der Waals surface area contributed by atoms with Crippen LogP contribution in [0.1, 0.15) is 41.4 Å². The average Bonchev–Trinajstić information content (AvgIpc) is 3.43. The van der Waals surface area contributed by atoms with Gasteiger partial charge in [0.2, 0.25) is 5.82 Å². The Bertz CT molecular complexity index is 1130. The average molecular weight is 426 g/mol. The zero-order chi connectivity index (χ0) is 21.4. The minimum Gasteiger partial charge on any atom is -0.376 e. The topological polar surface area (TPSA) is 99.4 Å². The fraction of sp³-hybridized carbons (Fsp3) is 0.545. The Morgan fingerprint density at radius 3 is 2.84 bits per heavy atom. The van der Waals surface area contributed by atoms with Gasteiger partial charge in [-0.3, -0.25) is 4.79 Å². The third kappa shape index (κ3) is 4.00. The van der Waals surface area contributed by atoms with Crippen molar-refractivity contribution < 1.29 is 14.4 Å². The second-order valence-corrected chi connectivity index (χ2v) is 8.65. The largest absolute Gasteiger partial charge is 0.376 e. The number of hydrogen-bond acceptors (Lipinski definition) is 6. The van der Waals surface area contributed by atoms with Crippen molar-refractivity contribution in [3.63, 3.8) is 0 Å². The first-order valence-electron chi connectivity index (χ1n) is 11.0. The Balaban J connectivity index is 1.62. The van der Waals surface area contributed by atoms with E-state index < -0.39 is 0 Å². The minimum atomic E-state index is -0.269. The number of ether oxygens (including phenoxy) is 2. The van der Waals surface area contributed by atoms with E-state index in [0.29, 0.717) is 31.1 Å². The highest BCUT2D eigenvalue weighted by Crippen LogP contribution is 2.23. The van der Waals surface area contributed by atoms with E-state index in [1.165, 1.54) is 4.90 Å². The molecule has 3 aromatic rings. The number of tetrazole rings is 1. The molecule has 1 aromatic carbocycles. The van der Waals surface area contributed by atoms with Crippen molar-refractivity contribution in [3.05, 3.63) is 51.1 Å². The molecule has 164 valence electrons. The molecule has 2 saturated heterocycles. The standard InChI is InChI=1S/C22H28N6O3/c1-14-10-15(2)17-12-18(22(29)23-19(17)11-14)20(27-5-8-30-9-6-27)21-24-25-26-28(21)13-16-4-3-7-31-16/h10-12,16,20H,3-9,13H2,1-2H3,(H,23,29)/p+1/t16-,20+/m0/s1. The number of fused-ring (bicyclic) bond motifs is 1. The summed E-state index contributed by atoms with van der Waals surface area (Å²) in [5.41, 5.74) is 3.74. The molecule has 2 atom stereocenters. The van der Waals surface area contributed by atoms with Gasteiger partial charge < -0.3 is 19.4 Å². The second kappa shape index (κ2) is 8.49. The number of morpholine rings is 1. The number of aromatic nitrogens is 5. The first-order valence-corrected chi connectivity index (χ1v) is 11.0. The van der Waals surface area contributed by atoms with E-state index in [2.05, 4.69) is 33.5 Å². The summed E-state index contributed by atoms with van der Waals surface area (Å²) in [6, 6.07) is 5.92. The van der Waals surface area contributed by atoms with Crippen LogP contribution < -0.4 is 10.5 Å². The molecule has 2 aliphatic heterocycles. The zero-order valence-electron chi connectivity index (χ0n) is 18.1. The number of aromatic amines is 1. The molecule has 2 fully saturated rings. The van der Waals surface area contributed by atoms with Crippen LogP contribution in [0.3, 0.4) is 0 Å². The number of rotatable bonds is 5. The summed E-state index contributed by atoms with van der Waals surface area (Å²) >= 11 is 0. The summed E-state index contributed by atoms with van der Waals surface area (Å²) < 4.78 is 13.2. The number of pyridine rings is 1. The van der Waals surface area contributed by atoms with E-state index in [9.17, 15) is 4.79 Å². The summed E-state index contributed by atoms with van der Waals surface area (Å²) in [5, 5.41) is 13.7. The van der Waals surface area contributed by atoms with Gasteiger partial charge in [-0.1, -0.05) is 6.07 Å². The molecule has 0 bridgehead atoms. The van der Waals surface area contributed by atoms with Crippen LogP contribution in [-0.2, 0) is 16.0 Å². The Kier molecular flexibility index (Phi) is 5.56. The number of quaternary nitrogens is 1. The Labute approximate surface area is 180 Å². The lowest BCUT2D eigenvalue weighted by Gasteiger charge is -2.30. The van der Waals surface area contributed by atoms with Crippen LogP contribution in [0.5, 0.6) is 0 Å². The number of nitrogens with one attached hydrogen (secondary N) is 2. The molecule has 0 aliphatic carbocycles. The number of benzene rings is 1. The Hall–Kier alpha value is -2.62. The van der Waals surface area contributed by atoms with Crippen molar-refractivity contribution in [1.82, 2.24) is 25.2 Å². The van der Waals surface area contributed by atoms with Gasteiger partial charge in [0.15, 0.2) is 6.04 Å². The molecule has 0 spiro atoms. The maximum atomic E-state index is 13.3. The van der Waals surface area contributed by atoms with E-state index in [-0.39, 0.29) is 17.7 Å². The van der Waals surface area contributed by atoms with Gasteiger partial charge in [-0.2, -0.15) is 0 Å². The van der Waals surface area contributed by atoms with Crippen LogP contribution in [0.15, 0.2) is 23.0 Å². The van der Waals surface area contributed by atoms with Crippen molar-refractivity contribution in [2.75, 3.05) is 32.9 Å². The SMILES string of the molecule is Cc1cc(C)c2cc([C@H](c3nnnn3C[C@@H]3CCCO3)[NH+]3CCOCC3)c(=O)[nH]c2c1. The van der Waals surface area contributed by atoms with E-state index in [1.807, 2.05) is 23.7 Å². The number of H-pyrrole nitrogens is 1. The normalized spacial score (nSPS) is 21.0. The van der Waals surface area contributed by atoms with Crippen LogP contribution in [0.25, 0.3) is 10.9 Å².